The zero-order valence-electron chi connectivity index (χ0n) is 16.3. The van der Waals surface area contributed by atoms with Crippen molar-refractivity contribution < 1.29 is 4.74 Å². The molecule has 0 bridgehead atoms. The van der Waals surface area contributed by atoms with Crippen molar-refractivity contribution in [3.8, 4) is 5.75 Å². The number of aromatic nitrogens is 1. The summed E-state index contributed by atoms with van der Waals surface area (Å²) in [6.45, 7) is 6.36. The number of likely N-dealkylation sites (tertiary alicyclic amines) is 1. The van der Waals surface area contributed by atoms with Gasteiger partial charge < -0.3 is 15.0 Å². The number of piperidine rings is 1. The van der Waals surface area contributed by atoms with Crippen LogP contribution in [0.25, 0.3) is 10.9 Å². The average Bonchev–Trinajstić information content (AvgIpc) is 3.03. The summed E-state index contributed by atoms with van der Waals surface area (Å²) in [6, 6.07) is 17.5. The number of methoxy groups -OCH3 is 1. The normalized spacial score (nSPS) is 18.1. The molecule has 2 aromatic carbocycles. The van der Waals surface area contributed by atoms with E-state index < -0.39 is 0 Å². The first-order valence-electron chi connectivity index (χ1n) is 9.88. The van der Waals surface area contributed by atoms with Gasteiger partial charge in [0, 0.05) is 42.3 Å². The van der Waals surface area contributed by atoms with Crippen molar-refractivity contribution in [3.05, 3.63) is 65.4 Å². The van der Waals surface area contributed by atoms with Gasteiger partial charge in [0.2, 0.25) is 0 Å². The first-order valence-corrected chi connectivity index (χ1v) is 9.88. The van der Waals surface area contributed by atoms with E-state index >= 15 is 0 Å². The van der Waals surface area contributed by atoms with Crippen molar-refractivity contribution in [2.75, 3.05) is 20.2 Å². The van der Waals surface area contributed by atoms with Crippen LogP contribution < -0.4 is 10.1 Å². The number of para-hydroxylation sites is 1. The molecule has 4 heteroatoms. The number of aromatic amines is 1. The number of hydrogen-bond acceptors (Lipinski definition) is 3. The number of fused-ring (bicyclic) bond motifs is 1. The summed E-state index contributed by atoms with van der Waals surface area (Å²) >= 11 is 0. The molecule has 1 fully saturated rings. The lowest BCUT2D eigenvalue weighted by atomic mass is 10.0. The van der Waals surface area contributed by atoms with Gasteiger partial charge in [-0.1, -0.05) is 30.3 Å². The van der Waals surface area contributed by atoms with Gasteiger partial charge in [-0.3, -0.25) is 4.90 Å². The third-order valence-electron chi connectivity index (χ3n) is 5.68. The van der Waals surface area contributed by atoms with Crippen LogP contribution in [0.3, 0.4) is 0 Å². The molecule has 0 aliphatic carbocycles. The van der Waals surface area contributed by atoms with Crippen molar-refractivity contribution >= 4 is 10.9 Å². The van der Waals surface area contributed by atoms with Gasteiger partial charge in [0.15, 0.2) is 0 Å². The maximum Gasteiger partial charge on any atom is 0.119 e. The largest absolute Gasteiger partial charge is 0.497 e. The number of benzene rings is 2. The molecule has 0 radical (unpaired) electrons. The van der Waals surface area contributed by atoms with Gasteiger partial charge in [-0.2, -0.15) is 0 Å². The van der Waals surface area contributed by atoms with Crippen LogP contribution in [0.2, 0.25) is 0 Å². The Labute approximate surface area is 161 Å². The van der Waals surface area contributed by atoms with Crippen molar-refractivity contribution in [3.63, 3.8) is 0 Å². The summed E-state index contributed by atoms with van der Waals surface area (Å²) in [5.41, 5.74) is 5.22. The number of H-pyrrole nitrogens is 1. The lowest BCUT2D eigenvalue weighted by molar-refractivity contribution is 0.182. The van der Waals surface area contributed by atoms with Gasteiger partial charge in [-0.25, -0.2) is 0 Å². The van der Waals surface area contributed by atoms with Gasteiger partial charge in [0.05, 0.1) is 7.11 Å². The van der Waals surface area contributed by atoms with Crippen molar-refractivity contribution in [1.82, 2.24) is 15.2 Å². The first-order chi connectivity index (χ1) is 13.2. The molecule has 4 rings (SSSR count). The molecule has 2 heterocycles. The number of nitrogens with zero attached hydrogens (tertiary/aromatic N) is 1. The van der Waals surface area contributed by atoms with Crippen molar-refractivity contribution in [1.29, 1.82) is 0 Å². The van der Waals surface area contributed by atoms with Gasteiger partial charge in [0.25, 0.3) is 0 Å². The van der Waals surface area contributed by atoms with Crippen LogP contribution in [-0.4, -0.2) is 36.1 Å². The zero-order valence-corrected chi connectivity index (χ0v) is 16.3. The molecule has 4 nitrogen and oxygen atoms in total. The highest BCUT2D eigenvalue weighted by atomic mass is 16.5. The summed E-state index contributed by atoms with van der Waals surface area (Å²) in [7, 11) is 1.73. The Hall–Kier alpha value is -2.30. The summed E-state index contributed by atoms with van der Waals surface area (Å²) < 4.78 is 5.35. The summed E-state index contributed by atoms with van der Waals surface area (Å²) in [4.78, 5) is 6.13. The average molecular weight is 364 g/mol. The number of nitrogens with one attached hydrogen (secondary N) is 2. The molecule has 0 amide bonds. The Balaban J connectivity index is 1.36. The summed E-state index contributed by atoms with van der Waals surface area (Å²) in [5.74, 6) is 0.938. The number of ether oxygens (including phenoxy) is 1. The molecule has 2 N–H and O–H groups in total. The lowest BCUT2D eigenvalue weighted by Gasteiger charge is -2.33. The third kappa shape index (κ3) is 4.18. The van der Waals surface area contributed by atoms with E-state index in [0.717, 1.165) is 25.4 Å². The monoisotopic (exact) mass is 363 g/mol. The second-order valence-electron chi connectivity index (χ2n) is 7.58. The fourth-order valence-electron chi connectivity index (χ4n) is 4.16. The Bertz CT molecular complexity index is 902. The molecule has 1 aliphatic heterocycles. The van der Waals surface area contributed by atoms with Gasteiger partial charge in [0.1, 0.15) is 5.75 Å². The van der Waals surface area contributed by atoms with Crippen LogP contribution in [0.4, 0.5) is 0 Å². The third-order valence-corrected chi connectivity index (χ3v) is 5.68. The molecule has 1 aromatic heterocycles. The van der Waals surface area contributed by atoms with E-state index in [9.17, 15) is 0 Å². The highest BCUT2D eigenvalue weighted by Gasteiger charge is 2.20. The lowest BCUT2D eigenvalue weighted by Crippen LogP contribution is -2.45. The second-order valence-corrected chi connectivity index (χ2v) is 7.58. The standard InChI is InChI=1S/C23H29N3O/c1-17-21-10-3-4-11-22(21)25-23(17)14-24-19-8-6-12-26(16-19)15-18-7-5-9-20(13-18)27-2/h3-5,7,9-11,13,19,24-25H,6,8,12,14-16H2,1-2H3/t19-/m1/s1. The predicted octanol–water partition coefficient (Wildman–Crippen LogP) is 4.24. The van der Waals surface area contributed by atoms with Crippen LogP contribution >= 0.6 is 0 Å². The Morgan fingerprint density at radius 1 is 1.19 bits per heavy atom. The van der Waals surface area contributed by atoms with Gasteiger partial charge in [-0.05, 0) is 55.6 Å². The Morgan fingerprint density at radius 2 is 2.07 bits per heavy atom. The quantitative estimate of drug-likeness (QED) is 0.688. The molecule has 0 unspecified atom stereocenters. The van der Waals surface area contributed by atoms with Crippen LogP contribution in [0.1, 0.15) is 29.7 Å². The Morgan fingerprint density at radius 3 is 2.93 bits per heavy atom. The molecule has 27 heavy (non-hydrogen) atoms. The van der Waals surface area contributed by atoms with E-state index in [0.29, 0.717) is 6.04 Å². The first kappa shape index (κ1) is 18.1. The summed E-state index contributed by atoms with van der Waals surface area (Å²) in [5, 5.41) is 5.11. The smallest absolute Gasteiger partial charge is 0.119 e. The minimum Gasteiger partial charge on any atom is -0.497 e. The zero-order chi connectivity index (χ0) is 18.6. The number of rotatable bonds is 6. The van der Waals surface area contributed by atoms with E-state index in [2.05, 4.69) is 64.6 Å². The minimum atomic E-state index is 0.537. The molecule has 1 saturated heterocycles. The second kappa shape index (κ2) is 8.15. The fourth-order valence-corrected chi connectivity index (χ4v) is 4.16. The molecular formula is C23H29N3O. The van der Waals surface area contributed by atoms with Crippen molar-refractivity contribution in [2.45, 2.75) is 38.9 Å². The topological polar surface area (TPSA) is 40.3 Å². The van der Waals surface area contributed by atoms with E-state index in [1.807, 2.05) is 6.07 Å². The Kier molecular flexibility index (Phi) is 5.46. The highest BCUT2D eigenvalue weighted by Crippen LogP contribution is 2.22. The highest BCUT2D eigenvalue weighted by molar-refractivity contribution is 5.84. The van der Waals surface area contributed by atoms with Crippen LogP contribution in [-0.2, 0) is 13.1 Å². The molecule has 142 valence electrons. The van der Waals surface area contributed by atoms with Crippen LogP contribution in [0.5, 0.6) is 5.75 Å². The molecule has 0 saturated carbocycles. The molecule has 1 aliphatic rings. The fraction of sp³-hybridized carbons (Fsp3) is 0.391. The van der Waals surface area contributed by atoms with E-state index in [1.54, 1.807) is 7.11 Å². The van der Waals surface area contributed by atoms with Crippen LogP contribution in [0.15, 0.2) is 48.5 Å². The number of aryl methyl sites for hydroxylation is 1. The molecule has 1 atom stereocenters. The molecule has 0 spiro atoms. The van der Waals surface area contributed by atoms with Gasteiger partial charge in [-0.15, -0.1) is 0 Å². The van der Waals surface area contributed by atoms with Gasteiger partial charge >= 0.3 is 0 Å². The van der Waals surface area contributed by atoms with E-state index in [4.69, 9.17) is 4.74 Å². The molecular weight excluding hydrogens is 334 g/mol. The minimum absolute atomic E-state index is 0.537. The SMILES string of the molecule is COc1cccc(CN2CCC[C@@H](NCc3[nH]c4ccccc4c3C)C2)c1. The summed E-state index contributed by atoms with van der Waals surface area (Å²) in [6.07, 6.45) is 2.49. The maximum atomic E-state index is 5.35. The number of hydrogen-bond donors (Lipinski definition) is 2. The van der Waals surface area contributed by atoms with Crippen molar-refractivity contribution in [2.24, 2.45) is 0 Å². The maximum absolute atomic E-state index is 5.35. The van der Waals surface area contributed by atoms with Crippen LogP contribution in [0, 0.1) is 6.92 Å². The van der Waals surface area contributed by atoms with E-state index in [1.165, 1.54) is 47.1 Å². The molecule has 3 aromatic rings. The van der Waals surface area contributed by atoms with E-state index in [-0.39, 0.29) is 0 Å². The predicted molar refractivity (Wildman–Crippen MR) is 111 cm³/mol.